The molecular weight excluding hydrogens is 366 g/mol. The van der Waals surface area contributed by atoms with Crippen LogP contribution in [-0.4, -0.2) is 77.2 Å². The molecule has 2 aliphatic heterocycles. The maximum atomic E-state index is 12.9. The highest BCUT2D eigenvalue weighted by atomic mass is 35.5. The molecule has 142 valence electrons. The smallest absolute Gasteiger partial charge is 0.243 e. The van der Waals surface area contributed by atoms with Crippen LogP contribution < -0.4 is 14.8 Å². The molecule has 0 saturated carbocycles. The Hall–Kier alpha value is -1.06. The van der Waals surface area contributed by atoms with E-state index in [1.165, 1.54) is 20.3 Å². The Morgan fingerprint density at radius 3 is 2.40 bits per heavy atom. The van der Waals surface area contributed by atoms with Gasteiger partial charge in [-0.05, 0) is 18.6 Å². The van der Waals surface area contributed by atoms with Crippen LogP contribution in [0.5, 0.6) is 11.5 Å². The van der Waals surface area contributed by atoms with Gasteiger partial charge in [0.1, 0.15) is 0 Å². The number of hydrogen-bond acceptors (Lipinski definition) is 6. The molecule has 0 amide bonds. The van der Waals surface area contributed by atoms with Crippen LogP contribution in [-0.2, 0) is 10.0 Å². The van der Waals surface area contributed by atoms with Crippen LogP contribution in [0.2, 0.25) is 0 Å². The van der Waals surface area contributed by atoms with Crippen molar-refractivity contribution in [1.82, 2.24) is 14.5 Å². The van der Waals surface area contributed by atoms with Gasteiger partial charge in [-0.1, -0.05) is 0 Å². The van der Waals surface area contributed by atoms with E-state index in [4.69, 9.17) is 9.47 Å². The second-order valence-electron chi connectivity index (χ2n) is 6.11. The van der Waals surface area contributed by atoms with Crippen molar-refractivity contribution >= 4 is 22.4 Å². The quantitative estimate of drug-likeness (QED) is 0.800. The fourth-order valence-corrected chi connectivity index (χ4v) is 4.91. The lowest BCUT2D eigenvalue weighted by atomic mass is 10.2. The Morgan fingerprint density at radius 1 is 1.08 bits per heavy atom. The summed E-state index contributed by atoms with van der Waals surface area (Å²) >= 11 is 0. The summed E-state index contributed by atoms with van der Waals surface area (Å²) in [7, 11) is -0.476. The van der Waals surface area contributed by atoms with Gasteiger partial charge in [0.05, 0.1) is 19.1 Å². The standard InChI is InChI=1S/C16H25N3O4S.ClH/c1-22-15-4-3-14(11-16(15)23-2)24(20,21)19-8-5-13(12-19)18-9-6-17-7-10-18;/h3-4,11,13,17H,5-10,12H2,1-2H3;1H. The number of benzene rings is 1. The van der Waals surface area contributed by atoms with E-state index in [9.17, 15) is 8.42 Å². The van der Waals surface area contributed by atoms with Gasteiger partial charge in [0.15, 0.2) is 11.5 Å². The van der Waals surface area contributed by atoms with Crippen LogP contribution in [0, 0.1) is 0 Å². The van der Waals surface area contributed by atoms with E-state index in [0.717, 1.165) is 32.6 Å². The molecule has 2 heterocycles. The molecule has 0 aliphatic carbocycles. The SMILES string of the molecule is COc1ccc(S(=O)(=O)N2CCC(N3CCNCC3)C2)cc1OC.Cl. The number of hydrogen-bond donors (Lipinski definition) is 1. The van der Waals surface area contributed by atoms with E-state index < -0.39 is 10.0 Å². The van der Waals surface area contributed by atoms with Gasteiger partial charge in [-0.3, -0.25) is 4.90 Å². The van der Waals surface area contributed by atoms with Crippen LogP contribution >= 0.6 is 12.4 Å². The average Bonchev–Trinajstić information content (AvgIpc) is 3.12. The summed E-state index contributed by atoms with van der Waals surface area (Å²) < 4.78 is 37.9. The summed E-state index contributed by atoms with van der Waals surface area (Å²) in [4.78, 5) is 2.64. The van der Waals surface area contributed by atoms with Gasteiger partial charge >= 0.3 is 0 Å². The number of ether oxygens (including phenoxy) is 2. The minimum atomic E-state index is -3.51. The zero-order valence-corrected chi connectivity index (χ0v) is 16.2. The summed E-state index contributed by atoms with van der Waals surface area (Å²) in [5.74, 6) is 0.952. The minimum Gasteiger partial charge on any atom is -0.493 e. The van der Waals surface area contributed by atoms with Crippen molar-refractivity contribution in [1.29, 1.82) is 0 Å². The number of methoxy groups -OCH3 is 2. The molecule has 1 aromatic rings. The summed E-state index contributed by atoms with van der Waals surface area (Å²) in [6.07, 6.45) is 0.881. The number of rotatable bonds is 5. The van der Waals surface area contributed by atoms with Crippen LogP contribution in [0.4, 0.5) is 0 Å². The zero-order valence-electron chi connectivity index (χ0n) is 14.6. The van der Waals surface area contributed by atoms with Crippen LogP contribution in [0.15, 0.2) is 23.1 Å². The largest absolute Gasteiger partial charge is 0.493 e. The van der Waals surface area contributed by atoms with Gasteiger partial charge in [0.2, 0.25) is 10.0 Å². The number of nitrogens with one attached hydrogen (secondary N) is 1. The van der Waals surface area contributed by atoms with Gasteiger partial charge in [-0.2, -0.15) is 4.31 Å². The van der Waals surface area contributed by atoms with Gasteiger partial charge in [-0.25, -0.2) is 8.42 Å². The van der Waals surface area contributed by atoms with Gasteiger partial charge < -0.3 is 14.8 Å². The summed E-state index contributed by atoms with van der Waals surface area (Å²) in [5, 5.41) is 3.33. The summed E-state index contributed by atoms with van der Waals surface area (Å²) in [5.41, 5.74) is 0. The molecule has 0 radical (unpaired) electrons. The first-order valence-corrected chi connectivity index (χ1v) is 9.67. The highest BCUT2D eigenvalue weighted by Gasteiger charge is 2.35. The number of piperazine rings is 1. The fourth-order valence-electron chi connectivity index (χ4n) is 3.40. The molecule has 9 heteroatoms. The fraction of sp³-hybridized carbons (Fsp3) is 0.625. The van der Waals surface area contributed by atoms with E-state index in [1.54, 1.807) is 16.4 Å². The van der Waals surface area contributed by atoms with Crippen molar-refractivity contribution in [2.45, 2.75) is 17.4 Å². The van der Waals surface area contributed by atoms with Crippen molar-refractivity contribution in [2.75, 3.05) is 53.5 Å². The first-order valence-electron chi connectivity index (χ1n) is 8.23. The highest BCUT2D eigenvalue weighted by Crippen LogP contribution is 2.32. The Kier molecular flexibility index (Phi) is 6.93. The first-order chi connectivity index (χ1) is 11.6. The van der Waals surface area contributed by atoms with Gasteiger partial charge in [0.25, 0.3) is 0 Å². The maximum Gasteiger partial charge on any atom is 0.243 e. The van der Waals surface area contributed by atoms with Crippen molar-refractivity contribution in [3.63, 3.8) is 0 Å². The molecule has 2 aliphatic rings. The van der Waals surface area contributed by atoms with Crippen LogP contribution in [0.25, 0.3) is 0 Å². The Labute approximate surface area is 155 Å². The highest BCUT2D eigenvalue weighted by molar-refractivity contribution is 7.89. The monoisotopic (exact) mass is 391 g/mol. The van der Waals surface area contributed by atoms with Crippen molar-refractivity contribution < 1.29 is 17.9 Å². The van der Waals surface area contributed by atoms with Crippen molar-refractivity contribution in [3.8, 4) is 11.5 Å². The molecule has 1 unspecified atom stereocenters. The second-order valence-corrected chi connectivity index (χ2v) is 8.05. The zero-order chi connectivity index (χ0) is 17.2. The molecule has 1 aromatic carbocycles. The van der Waals surface area contributed by atoms with Crippen LogP contribution in [0.3, 0.4) is 0 Å². The molecular formula is C16H26ClN3O4S. The Balaban J connectivity index is 0.00000225. The van der Waals surface area contributed by atoms with E-state index >= 15 is 0 Å². The maximum absolute atomic E-state index is 12.9. The molecule has 0 aromatic heterocycles. The molecule has 25 heavy (non-hydrogen) atoms. The van der Waals surface area contributed by atoms with Gasteiger partial charge in [-0.15, -0.1) is 12.4 Å². The minimum absolute atomic E-state index is 0. The third-order valence-electron chi connectivity index (χ3n) is 4.79. The Morgan fingerprint density at radius 2 is 1.76 bits per heavy atom. The average molecular weight is 392 g/mol. The van der Waals surface area contributed by atoms with Crippen molar-refractivity contribution in [2.24, 2.45) is 0 Å². The lowest BCUT2D eigenvalue weighted by Gasteiger charge is -2.32. The number of sulfonamides is 1. The predicted octanol–water partition coefficient (Wildman–Crippen LogP) is 0.794. The number of halogens is 1. The van der Waals surface area contributed by atoms with Gasteiger partial charge in [0, 0.05) is 51.4 Å². The van der Waals surface area contributed by atoms with E-state index in [0.29, 0.717) is 30.6 Å². The molecule has 1 atom stereocenters. The summed E-state index contributed by atoms with van der Waals surface area (Å²) in [6.45, 7) is 5.02. The molecule has 1 N–H and O–H groups in total. The molecule has 7 nitrogen and oxygen atoms in total. The van der Waals surface area contributed by atoms with Crippen LogP contribution in [0.1, 0.15) is 6.42 Å². The molecule has 0 bridgehead atoms. The predicted molar refractivity (Wildman–Crippen MR) is 98.4 cm³/mol. The van der Waals surface area contributed by atoms with E-state index in [-0.39, 0.29) is 17.3 Å². The second kappa shape index (κ2) is 8.55. The van der Waals surface area contributed by atoms with E-state index in [1.807, 2.05) is 0 Å². The molecule has 3 rings (SSSR count). The molecule has 0 spiro atoms. The lowest BCUT2D eigenvalue weighted by Crippen LogP contribution is -2.49. The normalized spacial score (nSPS) is 22.4. The third kappa shape index (κ3) is 4.20. The molecule has 2 fully saturated rings. The third-order valence-corrected chi connectivity index (χ3v) is 6.65. The molecule has 2 saturated heterocycles. The Bertz CT molecular complexity index is 680. The van der Waals surface area contributed by atoms with Crippen molar-refractivity contribution in [3.05, 3.63) is 18.2 Å². The number of nitrogens with zero attached hydrogens (tertiary/aromatic N) is 2. The summed E-state index contributed by atoms with van der Waals surface area (Å²) in [6, 6.07) is 5.05. The van der Waals surface area contributed by atoms with E-state index in [2.05, 4.69) is 10.2 Å². The lowest BCUT2D eigenvalue weighted by molar-refractivity contribution is 0.179. The topological polar surface area (TPSA) is 71.1 Å². The first kappa shape index (κ1) is 20.3.